The van der Waals surface area contributed by atoms with Gasteiger partial charge in [0.15, 0.2) is 11.7 Å². The number of ketones is 1. The molecule has 3 rings (SSSR count). The molecule has 3 aromatic heterocycles. The van der Waals surface area contributed by atoms with Crippen LogP contribution in [0.2, 0.25) is 0 Å². The molecule has 130 valence electrons. The molecule has 9 heteroatoms. The molecule has 0 N–H and O–H groups in total. The first-order chi connectivity index (χ1) is 12.1. The van der Waals surface area contributed by atoms with Crippen LogP contribution < -0.4 is 0 Å². The van der Waals surface area contributed by atoms with E-state index < -0.39 is 11.9 Å². The van der Waals surface area contributed by atoms with Crippen molar-refractivity contribution < 1.29 is 14.3 Å². The van der Waals surface area contributed by atoms with Crippen LogP contribution in [0.3, 0.4) is 0 Å². The molecule has 0 aliphatic heterocycles. The van der Waals surface area contributed by atoms with Gasteiger partial charge < -0.3 is 4.74 Å². The van der Waals surface area contributed by atoms with Gasteiger partial charge in [0, 0.05) is 11.1 Å². The van der Waals surface area contributed by atoms with Crippen molar-refractivity contribution in [2.24, 2.45) is 0 Å². The summed E-state index contributed by atoms with van der Waals surface area (Å²) in [6, 6.07) is 1.91. The van der Waals surface area contributed by atoms with E-state index in [1.807, 2.05) is 23.8 Å². The maximum atomic E-state index is 12.7. The number of aryl methyl sites for hydroxylation is 1. The molecular weight excluding hydrogens is 378 g/mol. The van der Waals surface area contributed by atoms with Gasteiger partial charge in [-0.3, -0.25) is 9.59 Å². The zero-order chi connectivity index (χ0) is 17.8. The Morgan fingerprint density at radius 3 is 2.88 bits per heavy atom. The van der Waals surface area contributed by atoms with Gasteiger partial charge >= 0.3 is 5.97 Å². The van der Waals surface area contributed by atoms with E-state index in [0.29, 0.717) is 5.01 Å². The third kappa shape index (κ3) is 4.05. The smallest absolute Gasteiger partial charge is 0.323 e. The van der Waals surface area contributed by atoms with E-state index in [9.17, 15) is 9.59 Å². The number of rotatable bonds is 7. The van der Waals surface area contributed by atoms with Crippen LogP contribution in [0.4, 0.5) is 0 Å². The number of esters is 1. The number of aromatic nitrogens is 3. The highest BCUT2D eigenvalue weighted by molar-refractivity contribution is 8.00. The summed E-state index contributed by atoms with van der Waals surface area (Å²) in [7, 11) is 0. The van der Waals surface area contributed by atoms with Crippen LogP contribution >= 0.6 is 34.4 Å². The van der Waals surface area contributed by atoms with E-state index in [-0.39, 0.29) is 18.1 Å². The highest BCUT2D eigenvalue weighted by atomic mass is 32.2. The number of hydrogen-bond acceptors (Lipinski definition) is 9. The van der Waals surface area contributed by atoms with Crippen molar-refractivity contribution in [2.75, 3.05) is 12.4 Å². The normalized spacial score (nSPS) is 12.2. The van der Waals surface area contributed by atoms with E-state index >= 15 is 0 Å². The molecule has 0 aliphatic carbocycles. The summed E-state index contributed by atoms with van der Waals surface area (Å²) in [5.41, 5.74) is 1.64. The molecule has 0 radical (unpaired) electrons. The Morgan fingerprint density at radius 2 is 2.16 bits per heavy atom. The summed E-state index contributed by atoms with van der Waals surface area (Å²) >= 11 is 4.14. The minimum Gasteiger partial charge on any atom is -0.465 e. The van der Waals surface area contributed by atoms with Gasteiger partial charge in [-0.05, 0) is 25.3 Å². The largest absolute Gasteiger partial charge is 0.465 e. The Hall–Kier alpha value is -1.84. The molecule has 0 saturated carbocycles. The second kappa shape index (κ2) is 8.03. The summed E-state index contributed by atoms with van der Waals surface area (Å²) in [5.74, 6) is -1.65. The maximum Gasteiger partial charge on any atom is 0.323 e. The SMILES string of the molecule is CCOC(=O)[C@@H](C(=O)CSc1ncnc2ccsc12)c1nc(C)cs1. The molecule has 0 bridgehead atoms. The highest BCUT2D eigenvalue weighted by Gasteiger charge is 2.32. The molecule has 0 aliphatic rings. The van der Waals surface area contributed by atoms with Gasteiger partial charge in [0.2, 0.25) is 0 Å². The Labute approximate surface area is 156 Å². The lowest BCUT2D eigenvalue weighted by molar-refractivity contribution is -0.147. The minimum absolute atomic E-state index is 0.117. The first-order valence-electron chi connectivity index (χ1n) is 7.52. The number of nitrogens with zero attached hydrogens (tertiary/aromatic N) is 3. The summed E-state index contributed by atoms with van der Waals surface area (Å²) < 4.78 is 6.02. The number of thioether (sulfide) groups is 1. The topological polar surface area (TPSA) is 82.0 Å². The van der Waals surface area contributed by atoms with Crippen LogP contribution in [0.1, 0.15) is 23.5 Å². The van der Waals surface area contributed by atoms with Crippen LogP contribution in [-0.4, -0.2) is 39.1 Å². The summed E-state index contributed by atoms with van der Waals surface area (Å²) in [6.45, 7) is 3.77. The van der Waals surface area contributed by atoms with Crippen molar-refractivity contribution in [2.45, 2.75) is 24.8 Å². The van der Waals surface area contributed by atoms with E-state index in [4.69, 9.17) is 4.74 Å². The average molecular weight is 394 g/mol. The molecule has 0 spiro atoms. The lowest BCUT2D eigenvalue weighted by Gasteiger charge is -2.12. The first-order valence-corrected chi connectivity index (χ1v) is 10.3. The molecule has 0 saturated heterocycles. The molecule has 0 amide bonds. The fourth-order valence-corrected chi connectivity index (χ4v) is 4.95. The van der Waals surface area contributed by atoms with Gasteiger partial charge in [0.05, 0.1) is 22.6 Å². The number of carbonyl (C=O) groups is 2. The molecule has 3 aromatic rings. The standard InChI is InChI=1S/C16H15N3O3S3/c1-3-22-16(21)12(14-19-9(2)6-24-14)11(20)7-25-15-13-10(4-5-23-13)17-8-18-15/h4-6,8,12H,3,7H2,1-2H3/t12-/m0/s1. The number of hydrogen-bond donors (Lipinski definition) is 0. The van der Waals surface area contributed by atoms with Gasteiger partial charge in [-0.15, -0.1) is 22.7 Å². The predicted octanol–water partition coefficient (Wildman–Crippen LogP) is 3.46. The molecule has 0 fully saturated rings. The zero-order valence-electron chi connectivity index (χ0n) is 13.6. The number of thiazole rings is 1. The molecule has 6 nitrogen and oxygen atoms in total. The van der Waals surface area contributed by atoms with Crippen molar-refractivity contribution >= 4 is 56.4 Å². The number of thiophene rings is 1. The Kier molecular flexibility index (Phi) is 5.77. The molecular formula is C16H15N3O3S3. The summed E-state index contributed by atoms with van der Waals surface area (Å²) in [4.78, 5) is 37.7. The zero-order valence-corrected chi connectivity index (χ0v) is 16.0. The molecule has 0 aromatic carbocycles. The van der Waals surface area contributed by atoms with E-state index in [1.54, 1.807) is 6.92 Å². The van der Waals surface area contributed by atoms with Crippen LogP contribution in [0.15, 0.2) is 28.2 Å². The Morgan fingerprint density at radius 1 is 1.32 bits per heavy atom. The van der Waals surface area contributed by atoms with Crippen LogP contribution in [0.5, 0.6) is 0 Å². The van der Waals surface area contributed by atoms with Crippen molar-refractivity contribution in [1.82, 2.24) is 15.0 Å². The van der Waals surface area contributed by atoms with Gasteiger partial charge in [-0.25, -0.2) is 15.0 Å². The minimum atomic E-state index is -0.980. The number of carbonyl (C=O) groups excluding carboxylic acids is 2. The van der Waals surface area contributed by atoms with E-state index in [0.717, 1.165) is 20.9 Å². The van der Waals surface area contributed by atoms with E-state index in [1.165, 1.54) is 40.8 Å². The molecule has 3 heterocycles. The number of fused-ring (bicyclic) bond motifs is 1. The highest BCUT2D eigenvalue weighted by Crippen LogP contribution is 2.31. The molecule has 1 atom stereocenters. The Balaban J connectivity index is 1.78. The monoisotopic (exact) mass is 393 g/mol. The van der Waals surface area contributed by atoms with E-state index in [2.05, 4.69) is 15.0 Å². The lowest BCUT2D eigenvalue weighted by atomic mass is 10.1. The van der Waals surface area contributed by atoms with Crippen LogP contribution in [0, 0.1) is 6.92 Å². The second-order valence-corrected chi connectivity index (χ2v) is 7.85. The number of Topliss-reactive ketones (excluding diaryl/α,β-unsaturated/α-hetero) is 1. The molecule has 0 unspecified atom stereocenters. The van der Waals surface area contributed by atoms with Crippen molar-refractivity contribution in [3.05, 3.63) is 33.9 Å². The van der Waals surface area contributed by atoms with Gasteiger partial charge in [0.25, 0.3) is 0 Å². The third-order valence-electron chi connectivity index (χ3n) is 3.29. The van der Waals surface area contributed by atoms with Crippen molar-refractivity contribution in [1.29, 1.82) is 0 Å². The Bertz CT molecular complexity index is 906. The van der Waals surface area contributed by atoms with Crippen molar-refractivity contribution in [3.8, 4) is 0 Å². The predicted molar refractivity (Wildman–Crippen MR) is 99.4 cm³/mol. The van der Waals surface area contributed by atoms with Gasteiger partial charge in [-0.2, -0.15) is 0 Å². The van der Waals surface area contributed by atoms with Crippen LogP contribution in [-0.2, 0) is 14.3 Å². The van der Waals surface area contributed by atoms with Gasteiger partial charge in [0.1, 0.15) is 16.4 Å². The fourth-order valence-electron chi connectivity index (χ4n) is 2.19. The lowest BCUT2D eigenvalue weighted by Crippen LogP contribution is -2.25. The number of ether oxygens (including phenoxy) is 1. The average Bonchev–Trinajstić information content (AvgIpc) is 3.22. The summed E-state index contributed by atoms with van der Waals surface area (Å²) in [6.07, 6.45) is 1.48. The molecule has 25 heavy (non-hydrogen) atoms. The maximum absolute atomic E-state index is 12.7. The van der Waals surface area contributed by atoms with Crippen molar-refractivity contribution in [3.63, 3.8) is 0 Å². The van der Waals surface area contributed by atoms with Crippen LogP contribution in [0.25, 0.3) is 10.2 Å². The second-order valence-electron chi connectivity index (χ2n) is 5.08. The first kappa shape index (κ1) is 18.0. The fraction of sp³-hybridized carbons (Fsp3) is 0.312. The quantitative estimate of drug-likeness (QED) is 0.263. The summed E-state index contributed by atoms with van der Waals surface area (Å²) in [5, 5.41) is 4.98. The van der Waals surface area contributed by atoms with Gasteiger partial charge in [-0.1, -0.05) is 11.8 Å². The third-order valence-corrected chi connectivity index (χ3v) is 6.37.